The lowest BCUT2D eigenvalue weighted by Gasteiger charge is -2.31. The van der Waals surface area contributed by atoms with E-state index in [4.69, 9.17) is 54.3 Å². The Hall–Kier alpha value is -8.48. The fourth-order valence-corrected chi connectivity index (χ4v) is 15.8. The van der Waals surface area contributed by atoms with E-state index in [9.17, 15) is 0 Å². The van der Waals surface area contributed by atoms with Gasteiger partial charge in [-0.15, -0.1) is 0 Å². The van der Waals surface area contributed by atoms with Crippen LogP contribution in [-0.2, 0) is 43.3 Å². The predicted octanol–water partition coefficient (Wildman–Crippen LogP) is 28.8. The zero-order chi connectivity index (χ0) is 78.4. The molecule has 0 aliphatic rings. The lowest BCUT2D eigenvalue weighted by atomic mass is 9.80. The number of benzene rings is 10. The molecule has 0 saturated heterocycles. The molecule has 0 aliphatic heterocycles. The number of hydrogen-bond acceptors (Lipinski definition) is 12. The molecule has 10 rings (SSSR count). The molecule has 0 spiro atoms. The summed E-state index contributed by atoms with van der Waals surface area (Å²) in [5, 5.41) is 0. The van der Waals surface area contributed by atoms with Crippen LogP contribution in [0, 0.1) is 0 Å². The van der Waals surface area contributed by atoms with E-state index >= 15 is 0 Å². The van der Waals surface area contributed by atoms with Gasteiger partial charge in [0.05, 0.1) is 11.1 Å². The van der Waals surface area contributed by atoms with E-state index in [2.05, 4.69) is 215 Å². The zero-order valence-corrected chi connectivity index (χ0v) is 71.2. The van der Waals surface area contributed by atoms with E-state index in [0.29, 0.717) is 57.1 Å². The smallest absolute Gasteiger partial charge is 0.409 e. The second-order valence-electron chi connectivity index (χ2n) is 35.3. The van der Waals surface area contributed by atoms with Crippen LogP contribution in [0.4, 0.5) is 0 Å². The zero-order valence-electron chi connectivity index (χ0n) is 67.6. The summed E-state index contributed by atoms with van der Waals surface area (Å²) in [7, 11) is -9.85. The van der Waals surface area contributed by atoms with Gasteiger partial charge in [0.25, 0.3) is 0 Å². The topological polar surface area (TPSA) is 111 Å². The lowest BCUT2D eigenvalue weighted by Crippen LogP contribution is -2.19. The SMILES string of the molecule is CC(C)(C)c1ccc(OP(Oc2ccc(C(C)(C)C)cc2C(C)(C)C)Oc2cccc(OP(Oc3ccccc3)Oc3ccccc3)c2-c2c(OP(Oc3ccccc3)Oc3ccccc3)cccc2OP(Oc2ccc(C(C)(C)C)cc2C(C)(C)C)Oc2ccc(C(C)(C)C)cc2C(C)(C)C)c(C(C)(C)C)c1. The highest BCUT2D eigenvalue weighted by atomic mass is 31.2. The minimum Gasteiger partial charge on any atom is -0.409 e. The summed E-state index contributed by atoms with van der Waals surface area (Å²) < 4.78 is 87.5. The summed E-state index contributed by atoms with van der Waals surface area (Å²) in [4.78, 5) is 0. The number of hydrogen-bond donors (Lipinski definition) is 0. The van der Waals surface area contributed by atoms with Crippen molar-refractivity contribution in [2.24, 2.45) is 0 Å². The Bertz CT molecular complexity index is 4100. The van der Waals surface area contributed by atoms with Crippen molar-refractivity contribution in [1.82, 2.24) is 0 Å². The van der Waals surface area contributed by atoms with Gasteiger partial charge in [-0.05, 0) is 163 Å². The van der Waals surface area contributed by atoms with Gasteiger partial charge in [0.1, 0.15) is 69.0 Å². The van der Waals surface area contributed by atoms with E-state index in [0.717, 1.165) is 44.5 Å². The van der Waals surface area contributed by atoms with Gasteiger partial charge in [0, 0.05) is 22.3 Å². The van der Waals surface area contributed by atoms with E-state index in [1.807, 2.05) is 182 Å². The molecule has 16 heteroatoms. The summed E-state index contributed by atoms with van der Waals surface area (Å²) in [6.45, 7) is 52.9. The molecule has 0 amide bonds. The molecule has 0 bridgehead atoms. The van der Waals surface area contributed by atoms with Crippen molar-refractivity contribution in [3.8, 4) is 80.1 Å². The van der Waals surface area contributed by atoms with Crippen LogP contribution >= 0.6 is 34.4 Å². The highest BCUT2D eigenvalue weighted by molar-refractivity contribution is 7.44. The normalized spacial score (nSPS) is 12.6. The standard InChI is InChI=1S/C92H110O12P4/c1-85(2,3)63-51-55-75(71(59-63)89(13,14)15)97-107(98-76-56-52-64(86(4,5)6)60-72(76)90(16,17)18)103-81-49-37-47-79(101-105(93-67-39-29-25-30-40-67)94-68-41-31-26-32-42-68)83(81)84-80(102-106(95-69-43-33-27-34-44-69)96-70-45-35-28-36-46-70)48-38-50-82(84)104-108(99-77-57-53-65(87(7,8)9)61-73(77)91(19,20)21)100-78-58-54-66(88(10,11)12)62-74(78)92(22,23)24/h25-62H,1-24H3. The fourth-order valence-electron chi connectivity index (χ4n) is 11.6. The Morgan fingerprint density at radius 3 is 0.519 bits per heavy atom. The van der Waals surface area contributed by atoms with Crippen LogP contribution < -0.4 is 54.3 Å². The van der Waals surface area contributed by atoms with Crippen LogP contribution in [0.15, 0.2) is 231 Å². The number of rotatable bonds is 25. The summed E-state index contributed by atoms with van der Waals surface area (Å²) >= 11 is 0. The molecular weight excluding hydrogens is 1420 g/mol. The molecule has 0 saturated carbocycles. The van der Waals surface area contributed by atoms with Crippen molar-refractivity contribution in [3.63, 3.8) is 0 Å². The average molecular weight is 1530 g/mol. The highest BCUT2D eigenvalue weighted by Crippen LogP contribution is 2.60. The van der Waals surface area contributed by atoms with E-state index < -0.39 is 56.1 Å². The molecule has 0 aliphatic carbocycles. The first-order chi connectivity index (χ1) is 50.5. The molecule has 0 fully saturated rings. The van der Waals surface area contributed by atoms with Crippen LogP contribution in [0.25, 0.3) is 11.1 Å². The molecule has 0 unspecified atom stereocenters. The van der Waals surface area contributed by atoms with Crippen molar-refractivity contribution in [1.29, 1.82) is 0 Å². The molecule has 0 radical (unpaired) electrons. The van der Waals surface area contributed by atoms with Crippen molar-refractivity contribution in [3.05, 3.63) is 275 Å². The number of para-hydroxylation sites is 4. The monoisotopic (exact) mass is 1530 g/mol. The third-order valence-electron chi connectivity index (χ3n) is 17.9. The molecule has 12 nitrogen and oxygen atoms in total. The van der Waals surface area contributed by atoms with Gasteiger partial charge in [-0.2, -0.15) is 0 Å². The molecule has 0 heterocycles. The Balaban J connectivity index is 1.29. The Morgan fingerprint density at radius 2 is 0.343 bits per heavy atom. The maximum Gasteiger partial charge on any atom is 0.530 e. The van der Waals surface area contributed by atoms with Crippen LogP contribution in [-0.4, -0.2) is 0 Å². The molecule has 108 heavy (non-hydrogen) atoms. The van der Waals surface area contributed by atoms with Gasteiger partial charge in [0.15, 0.2) is 0 Å². The molecule has 10 aromatic rings. The summed E-state index contributed by atoms with van der Waals surface area (Å²) in [5.74, 6) is 5.24. The molecule has 10 aromatic carbocycles. The van der Waals surface area contributed by atoms with Crippen LogP contribution in [0.5, 0.6) is 69.0 Å². The Kier molecular flexibility index (Phi) is 25.4. The second kappa shape index (κ2) is 33.4. The first-order valence-corrected chi connectivity index (χ1v) is 41.4. The van der Waals surface area contributed by atoms with Gasteiger partial charge < -0.3 is 54.3 Å². The van der Waals surface area contributed by atoms with Gasteiger partial charge in [-0.1, -0.05) is 300 Å². The third kappa shape index (κ3) is 21.9. The van der Waals surface area contributed by atoms with Crippen molar-refractivity contribution < 1.29 is 54.3 Å². The second-order valence-corrected chi connectivity index (χ2v) is 39.3. The van der Waals surface area contributed by atoms with Gasteiger partial charge in [-0.25, -0.2) is 0 Å². The predicted molar refractivity (Wildman–Crippen MR) is 448 cm³/mol. The summed E-state index contributed by atoms with van der Waals surface area (Å²) in [6.07, 6.45) is 0. The van der Waals surface area contributed by atoms with Gasteiger partial charge >= 0.3 is 34.4 Å². The van der Waals surface area contributed by atoms with Gasteiger partial charge in [-0.3, -0.25) is 0 Å². The maximum absolute atomic E-state index is 7.72. The van der Waals surface area contributed by atoms with Crippen molar-refractivity contribution in [2.45, 2.75) is 209 Å². The first-order valence-electron chi connectivity index (χ1n) is 37.0. The largest absolute Gasteiger partial charge is 0.530 e. The average Bonchev–Trinajstić information content (AvgIpc) is 0.772. The Labute approximate surface area is 649 Å². The van der Waals surface area contributed by atoms with E-state index in [-0.39, 0.29) is 44.7 Å². The molecular formula is C92H110O12P4. The van der Waals surface area contributed by atoms with Crippen molar-refractivity contribution in [2.75, 3.05) is 0 Å². The highest BCUT2D eigenvalue weighted by Gasteiger charge is 2.38. The maximum atomic E-state index is 7.72. The third-order valence-corrected chi connectivity index (χ3v) is 22.1. The van der Waals surface area contributed by atoms with E-state index in [1.165, 1.54) is 0 Å². The fraction of sp³-hybridized carbons (Fsp3) is 0.348. The molecule has 0 aromatic heterocycles. The minimum absolute atomic E-state index is 0.183. The first kappa shape index (κ1) is 82.0. The lowest BCUT2D eigenvalue weighted by molar-refractivity contribution is 0.369. The van der Waals surface area contributed by atoms with Crippen LogP contribution in [0.1, 0.15) is 211 Å². The van der Waals surface area contributed by atoms with Crippen LogP contribution in [0.3, 0.4) is 0 Å². The summed E-state index contributed by atoms with van der Waals surface area (Å²) in [6, 6.07) is 74.5. The van der Waals surface area contributed by atoms with E-state index in [1.54, 1.807) is 0 Å². The molecule has 570 valence electrons. The minimum atomic E-state index is -2.53. The Morgan fingerprint density at radius 1 is 0.167 bits per heavy atom. The van der Waals surface area contributed by atoms with Gasteiger partial charge in [0.2, 0.25) is 0 Å². The van der Waals surface area contributed by atoms with Crippen LogP contribution in [0.2, 0.25) is 0 Å². The summed E-state index contributed by atoms with van der Waals surface area (Å²) in [5.41, 5.74) is 6.70. The van der Waals surface area contributed by atoms with Crippen molar-refractivity contribution >= 4 is 34.4 Å². The quantitative estimate of drug-likeness (QED) is 0.0508. The molecule has 0 N–H and O–H groups in total. The molecule has 0 atom stereocenters.